The van der Waals surface area contributed by atoms with Gasteiger partial charge in [0.05, 0.1) is 19.0 Å². The van der Waals surface area contributed by atoms with Crippen molar-refractivity contribution in [3.63, 3.8) is 0 Å². The van der Waals surface area contributed by atoms with Gasteiger partial charge in [0, 0.05) is 10.0 Å². The van der Waals surface area contributed by atoms with Gasteiger partial charge in [-0.2, -0.15) is 0 Å². The smallest absolute Gasteiger partial charge is 0.305 e. The maximum absolute atomic E-state index is 11.3. The van der Waals surface area contributed by atoms with Gasteiger partial charge in [-0.25, -0.2) is 0 Å². The summed E-state index contributed by atoms with van der Waals surface area (Å²) in [6.07, 6.45) is -0.275. The summed E-state index contributed by atoms with van der Waals surface area (Å²) in [5.41, 5.74) is 5.70. The average molecular weight is 548 g/mol. The molecule has 1 rings (SSSR count). The third-order valence-electron chi connectivity index (χ3n) is 2.19. The molecule has 1 amide bonds. The van der Waals surface area contributed by atoms with Crippen LogP contribution in [0.5, 0.6) is 0 Å². The molecule has 4 N–H and O–H groups in total. The molecule has 19 heavy (non-hydrogen) atoms. The van der Waals surface area contributed by atoms with E-state index in [-0.39, 0.29) is 13.0 Å². The molecule has 1 aromatic carbocycles. The summed E-state index contributed by atoms with van der Waals surface area (Å²) in [7, 11) is 0. The molecule has 0 aliphatic heterocycles. The molecule has 110 valence electrons. The zero-order valence-electron chi connectivity index (χ0n) is 9.61. The molecular formula is C11H12Cl2FmN2O3. The Morgan fingerprint density at radius 1 is 1.26 bits per heavy atom. The maximum Gasteiger partial charge on any atom is 0.305 e. The van der Waals surface area contributed by atoms with Crippen molar-refractivity contribution >= 4 is 35.1 Å². The standard InChI is InChI=1S/C11H12Cl2N2O3.Fm/c12-7-1-6(2-8(13)3-7)9(4-11(17)18)15-10(16)5-14;/h1-3,9H,4-5,14H2,(H,15,16)(H,17,18);. The Hall–Kier alpha value is -2.30. The van der Waals surface area contributed by atoms with Gasteiger partial charge in [0.15, 0.2) is 0 Å². The predicted octanol–water partition coefficient (Wildman–Crippen LogP) is 1.58. The van der Waals surface area contributed by atoms with Gasteiger partial charge in [-0.3, -0.25) is 9.59 Å². The fourth-order valence-corrected chi connectivity index (χ4v) is 2.00. The molecule has 0 saturated heterocycles. The van der Waals surface area contributed by atoms with Crippen LogP contribution in [-0.2, 0) is 9.59 Å². The third-order valence-corrected chi connectivity index (χ3v) is 2.62. The van der Waals surface area contributed by atoms with Crippen LogP contribution < -0.4 is 11.1 Å². The first kappa shape index (κ1) is 16.7. The second-order valence-corrected chi connectivity index (χ2v) is 4.50. The third kappa shape index (κ3) is 5.25. The van der Waals surface area contributed by atoms with Gasteiger partial charge in [0.25, 0.3) is 0 Å². The predicted molar refractivity (Wildman–Crippen MR) is 68.7 cm³/mol. The van der Waals surface area contributed by atoms with Gasteiger partial charge in [-0.05, 0) is 23.8 Å². The van der Waals surface area contributed by atoms with Crippen molar-refractivity contribution in [2.45, 2.75) is 12.5 Å². The van der Waals surface area contributed by atoms with Gasteiger partial charge < -0.3 is 16.2 Å². The molecule has 5 nitrogen and oxygen atoms in total. The number of hydrogen-bond acceptors (Lipinski definition) is 3. The van der Waals surface area contributed by atoms with Gasteiger partial charge >= 0.3 is 5.97 Å². The number of carbonyl (C=O) groups is 2. The number of benzene rings is 1. The molecule has 8 heteroatoms. The second kappa shape index (κ2) is 7.20. The largest absolute Gasteiger partial charge is 0.481 e. The van der Waals surface area contributed by atoms with Crippen molar-refractivity contribution < 1.29 is 14.7 Å². The zero-order chi connectivity index (χ0) is 13.7. The number of halogens is 2. The summed E-state index contributed by atoms with van der Waals surface area (Å²) >= 11 is 11.7. The van der Waals surface area contributed by atoms with Crippen molar-refractivity contribution in [3.8, 4) is 0 Å². The van der Waals surface area contributed by atoms with Crippen LogP contribution >= 0.6 is 23.2 Å². The summed E-state index contributed by atoms with van der Waals surface area (Å²) in [5, 5.41) is 12.1. The van der Waals surface area contributed by atoms with E-state index in [4.69, 9.17) is 34.0 Å². The molecule has 1 unspecified atom stereocenters. The number of nitrogens with two attached hydrogens (primary N) is 1. The summed E-state index contributed by atoms with van der Waals surface area (Å²) in [5.74, 6) is -1.49. The molecule has 0 fully saturated rings. The van der Waals surface area contributed by atoms with Crippen LogP contribution in [0.3, 0.4) is 0 Å². The number of rotatable bonds is 5. The van der Waals surface area contributed by atoms with Crippen LogP contribution in [0.2, 0.25) is 10.0 Å². The minimum atomic E-state index is -1.05. The number of nitrogens with one attached hydrogen (secondary N) is 1. The summed E-state index contributed by atoms with van der Waals surface area (Å²) in [6.45, 7) is -0.218. The van der Waals surface area contributed by atoms with Crippen molar-refractivity contribution in [3.05, 3.63) is 33.8 Å². The molecule has 1 aromatic rings. The molecule has 0 aliphatic rings. The molecule has 0 aliphatic carbocycles. The van der Waals surface area contributed by atoms with E-state index in [2.05, 4.69) is 5.32 Å². The fourth-order valence-electron chi connectivity index (χ4n) is 1.46. The Morgan fingerprint density at radius 2 is 1.79 bits per heavy atom. The quantitative estimate of drug-likeness (QED) is 0.522. The summed E-state index contributed by atoms with van der Waals surface area (Å²) in [6, 6.07) is 3.92. The van der Waals surface area contributed by atoms with Gasteiger partial charge in [0.2, 0.25) is 5.91 Å². The zero-order valence-corrected chi connectivity index (χ0v) is 13.5. The van der Waals surface area contributed by atoms with Gasteiger partial charge in [-0.1, -0.05) is 23.2 Å². The first-order chi connectivity index (χ1) is 8.42. The molecule has 0 spiro atoms. The number of carbonyl (C=O) groups excluding carboxylic acids is 1. The number of amides is 1. The number of hydrogen-bond donors (Lipinski definition) is 3. The van der Waals surface area contributed by atoms with E-state index in [0.717, 1.165) is 0 Å². The van der Waals surface area contributed by atoms with E-state index in [1.165, 1.54) is 6.07 Å². The van der Waals surface area contributed by atoms with Crippen LogP contribution in [0.4, 0.5) is 0 Å². The molecule has 1 atom stereocenters. The van der Waals surface area contributed by atoms with Crippen molar-refractivity contribution in [2.24, 2.45) is 5.73 Å². The van der Waals surface area contributed by atoms with E-state index in [1.54, 1.807) is 12.1 Å². The van der Waals surface area contributed by atoms with Crippen LogP contribution in [0.25, 0.3) is 0 Å². The fraction of sp³-hybridized carbons (Fsp3) is 0.273. The van der Waals surface area contributed by atoms with Crippen molar-refractivity contribution in [1.82, 2.24) is 5.32 Å². The molecular weight excluding hydrogens is 536 g/mol. The summed E-state index contributed by atoms with van der Waals surface area (Å²) < 4.78 is 0. The van der Waals surface area contributed by atoms with Crippen LogP contribution in [-0.4, -0.2) is 23.5 Å². The second-order valence-electron chi connectivity index (χ2n) is 3.62. The van der Waals surface area contributed by atoms with Crippen molar-refractivity contribution in [2.75, 3.05) is 6.54 Å². The summed E-state index contributed by atoms with van der Waals surface area (Å²) in [4.78, 5) is 22.0. The molecule has 0 aromatic heterocycles. The van der Waals surface area contributed by atoms with E-state index in [0.29, 0.717) is 15.6 Å². The normalized spacial score (nSPS) is 11.3. The Bertz CT molecular complexity index is 451. The van der Waals surface area contributed by atoms with E-state index >= 15 is 0 Å². The number of aliphatic carboxylic acids is 1. The number of carboxylic acid groups (broad SMARTS) is 1. The first-order valence-corrected chi connectivity index (χ1v) is 5.85. The molecule has 0 saturated carbocycles. The molecule has 0 radical (unpaired) electrons. The van der Waals surface area contributed by atoms with Gasteiger partial charge in [0.1, 0.15) is 0 Å². The Kier molecular flexibility index (Phi) is 6.33. The Balaban J connectivity index is 0.00000324. The van der Waals surface area contributed by atoms with Gasteiger partial charge in [-0.15, -0.1) is 0 Å². The maximum atomic E-state index is 11.3. The van der Waals surface area contributed by atoms with Crippen LogP contribution in [0.1, 0.15) is 18.0 Å². The van der Waals surface area contributed by atoms with E-state index in [9.17, 15) is 9.59 Å². The average Bonchev–Trinajstić information content (AvgIpc) is 2.26. The molecule has 0 bridgehead atoms. The minimum Gasteiger partial charge on any atom is -0.481 e. The minimum absolute atomic E-state index is 0. The molecule has 0 heterocycles. The first-order valence-electron chi connectivity index (χ1n) is 5.09. The Morgan fingerprint density at radius 3 is 2.21 bits per heavy atom. The number of carboxylic acids is 1. The topological polar surface area (TPSA) is 92.4 Å². The van der Waals surface area contributed by atoms with Crippen molar-refractivity contribution in [1.29, 1.82) is 0 Å². The Labute approximate surface area is 114 Å². The van der Waals surface area contributed by atoms with E-state index in [1.807, 2.05) is 0 Å². The van der Waals surface area contributed by atoms with Crippen LogP contribution in [0, 0.1) is 0 Å². The van der Waals surface area contributed by atoms with E-state index < -0.39 is 17.9 Å². The SMILES string of the molecule is NCC(=O)NC(CC(=O)O)c1cc(Cl)cc(Cl)c1.[Fm]. The van der Waals surface area contributed by atoms with Crippen LogP contribution in [0.15, 0.2) is 18.2 Å². The monoisotopic (exact) mass is 547 g/mol.